The molecule has 2 N–H and O–H groups in total. The Balaban J connectivity index is 2.22. The van der Waals surface area contributed by atoms with Gasteiger partial charge >= 0.3 is 6.18 Å². The lowest BCUT2D eigenvalue weighted by atomic mass is 10.0. The number of oxime groups is 2. The van der Waals surface area contributed by atoms with E-state index in [1.165, 1.54) is 26.3 Å². The molecular weight excluding hydrogens is 385 g/mol. The third-order valence-corrected chi connectivity index (χ3v) is 3.97. The lowest BCUT2D eigenvalue weighted by Crippen LogP contribution is -2.26. The summed E-state index contributed by atoms with van der Waals surface area (Å²) in [6, 6.07) is 12.1. The Hall–Kier alpha value is -3.36. The lowest BCUT2D eigenvalue weighted by molar-refractivity contribution is -0.137. The largest absolute Gasteiger partial charge is 0.416 e. The number of benzene rings is 2. The summed E-state index contributed by atoms with van der Waals surface area (Å²) in [5.41, 5.74) is 7.46. The number of halogens is 3. The number of aliphatic imine (C=N–C) groups is 1. The molecular formula is C20H21F3N4O2. The normalized spacial score (nSPS) is 13.4. The molecule has 9 heteroatoms. The van der Waals surface area contributed by atoms with Gasteiger partial charge in [0.15, 0.2) is 5.71 Å². The Bertz CT molecular complexity index is 937. The average Bonchev–Trinajstić information content (AvgIpc) is 2.71. The van der Waals surface area contributed by atoms with Gasteiger partial charge in [-0.2, -0.15) is 13.2 Å². The van der Waals surface area contributed by atoms with Gasteiger partial charge in [0.25, 0.3) is 0 Å². The minimum absolute atomic E-state index is 0.0478. The predicted molar refractivity (Wildman–Crippen MR) is 106 cm³/mol. The van der Waals surface area contributed by atoms with Crippen LogP contribution >= 0.6 is 0 Å². The zero-order valence-electron chi connectivity index (χ0n) is 16.2. The zero-order valence-corrected chi connectivity index (χ0v) is 16.2. The molecule has 0 fully saturated rings. The fourth-order valence-electron chi connectivity index (χ4n) is 2.48. The highest BCUT2D eigenvalue weighted by molar-refractivity contribution is 6.47. The van der Waals surface area contributed by atoms with Crippen LogP contribution in [0.25, 0.3) is 0 Å². The summed E-state index contributed by atoms with van der Waals surface area (Å²) < 4.78 is 38.6. The summed E-state index contributed by atoms with van der Waals surface area (Å²) in [6.45, 7) is 1.62. The Kier molecular flexibility index (Phi) is 7.35. The summed E-state index contributed by atoms with van der Waals surface area (Å²) >= 11 is 0. The first-order chi connectivity index (χ1) is 13.8. The van der Waals surface area contributed by atoms with Crippen LogP contribution in [0.3, 0.4) is 0 Å². The number of amidine groups is 1. The van der Waals surface area contributed by atoms with E-state index in [-0.39, 0.29) is 12.4 Å². The van der Waals surface area contributed by atoms with Gasteiger partial charge in [-0.05, 0) is 24.6 Å². The minimum atomic E-state index is -4.42. The molecule has 6 nitrogen and oxygen atoms in total. The SMILES string of the molecule is CN=C(N)/C(=N/OC)c1ccccc1CO/N=C(\C)c1cccc(C(F)(F)F)c1. The quantitative estimate of drug-likeness (QED) is 0.429. The van der Waals surface area contributed by atoms with Crippen LogP contribution in [0, 0.1) is 0 Å². The van der Waals surface area contributed by atoms with E-state index in [0.29, 0.717) is 28.1 Å². The molecule has 0 saturated carbocycles. The first kappa shape index (κ1) is 21.9. The van der Waals surface area contributed by atoms with Crippen molar-refractivity contribution in [3.63, 3.8) is 0 Å². The molecule has 0 atom stereocenters. The average molecular weight is 406 g/mol. The maximum Gasteiger partial charge on any atom is 0.416 e. The van der Waals surface area contributed by atoms with Crippen LogP contribution in [0.1, 0.15) is 29.2 Å². The van der Waals surface area contributed by atoms with Gasteiger partial charge in [0.05, 0.1) is 11.3 Å². The minimum Gasteiger partial charge on any atom is -0.399 e. The van der Waals surface area contributed by atoms with E-state index in [4.69, 9.17) is 15.4 Å². The fraction of sp³-hybridized carbons (Fsp3) is 0.250. The molecule has 0 radical (unpaired) electrons. The van der Waals surface area contributed by atoms with Crippen molar-refractivity contribution in [2.24, 2.45) is 21.0 Å². The molecule has 0 amide bonds. The number of nitrogens with two attached hydrogens (primary N) is 1. The Morgan fingerprint density at radius 1 is 1.07 bits per heavy atom. The first-order valence-electron chi connectivity index (χ1n) is 8.54. The van der Waals surface area contributed by atoms with Crippen LogP contribution in [-0.2, 0) is 22.5 Å². The van der Waals surface area contributed by atoms with Crippen molar-refractivity contribution in [3.05, 3.63) is 70.8 Å². The summed E-state index contributed by atoms with van der Waals surface area (Å²) in [7, 11) is 2.92. The van der Waals surface area contributed by atoms with Gasteiger partial charge in [0, 0.05) is 18.2 Å². The van der Waals surface area contributed by atoms with E-state index in [1.807, 2.05) is 0 Å². The van der Waals surface area contributed by atoms with E-state index in [2.05, 4.69) is 15.3 Å². The summed E-state index contributed by atoms with van der Waals surface area (Å²) in [5, 5.41) is 7.85. The van der Waals surface area contributed by atoms with Crippen LogP contribution in [0.2, 0.25) is 0 Å². The summed E-state index contributed by atoms with van der Waals surface area (Å²) in [4.78, 5) is 14.1. The van der Waals surface area contributed by atoms with Gasteiger partial charge in [-0.15, -0.1) is 0 Å². The highest BCUT2D eigenvalue weighted by Crippen LogP contribution is 2.29. The molecule has 0 unspecified atom stereocenters. The monoisotopic (exact) mass is 406 g/mol. The van der Waals surface area contributed by atoms with E-state index in [9.17, 15) is 13.2 Å². The third kappa shape index (κ3) is 5.81. The molecule has 0 saturated heterocycles. The molecule has 0 aliphatic heterocycles. The number of rotatable bonds is 7. The highest BCUT2D eigenvalue weighted by Gasteiger charge is 2.30. The maximum atomic E-state index is 12.9. The van der Waals surface area contributed by atoms with Crippen molar-refractivity contribution in [2.75, 3.05) is 14.2 Å². The van der Waals surface area contributed by atoms with Gasteiger partial charge in [-0.25, -0.2) is 0 Å². The second-order valence-electron chi connectivity index (χ2n) is 5.92. The van der Waals surface area contributed by atoms with E-state index >= 15 is 0 Å². The molecule has 154 valence electrons. The van der Waals surface area contributed by atoms with Crippen LogP contribution in [0.15, 0.2) is 63.8 Å². The van der Waals surface area contributed by atoms with Crippen molar-refractivity contribution >= 4 is 17.3 Å². The molecule has 0 aliphatic rings. The van der Waals surface area contributed by atoms with Crippen molar-refractivity contribution in [3.8, 4) is 0 Å². The molecule has 0 aromatic heterocycles. The van der Waals surface area contributed by atoms with Crippen LogP contribution < -0.4 is 5.73 Å². The Morgan fingerprint density at radius 2 is 1.79 bits per heavy atom. The topological polar surface area (TPSA) is 81.6 Å². The maximum absolute atomic E-state index is 12.9. The lowest BCUT2D eigenvalue weighted by Gasteiger charge is -2.11. The molecule has 2 aromatic carbocycles. The van der Waals surface area contributed by atoms with Gasteiger partial charge in [-0.3, -0.25) is 4.99 Å². The standard InChI is InChI=1S/C20H21F3N4O2/c1-13(14-8-6-9-16(11-14)20(21,22)23)26-29-12-15-7-4-5-10-17(15)18(27-28-3)19(24)25-2/h4-11H,12H2,1-3H3,(H2,24,25)/b26-13+,27-18+. The van der Waals surface area contributed by atoms with Gasteiger partial charge in [-0.1, -0.05) is 46.7 Å². The second kappa shape index (κ2) is 9.72. The number of nitrogens with zero attached hydrogens (tertiary/aromatic N) is 3. The van der Waals surface area contributed by atoms with Crippen LogP contribution in [0.5, 0.6) is 0 Å². The van der Waals surface area contributed by atoms with E-state index < -0.39 is 11.7 Å². The molecule has 2 aromatic rings. The highest BCUT2D eigenvalue weighted by atomic mass is 19.4. The Labute approximate surface area is 166 Å². The van der Waals surface area contributed by atoms with Gasteiger partial charge in [0.1, 0.15) is 19.6 Å². The summed E-state index contributed by atoms with van der Waals surface area (Å²) in [6.07, 6.45) is -4.42. The van der Waals surface area contributed by atoms with E-state index in [1.54, 1.807) is 31.2 Å². The molecule has 2 rings (SSSR count). The van der Waals surface area contributed by atoms with Crippen molar-refractivity contribution < 1.29 is 22.8 Å². The fourth-order valence-corrected chi connectivity index (χ4v) is 2.48. The van der Waals surface area contributed by atoms with Crippen molar-refractivity contribution in [1.29, 1.82) is 0 Å². The van der Waals surface area contributed by atoms with Gasteiger partial charge < -0.3 is 15.4 Å². The number of hydrogen-bond acceptors (Lipinski definition) is 5. The van der Waals surface area contributed by atoms with Crippen LogP contribution in [0.4, 0.5) is 13.2 Å². The smallest absolute Gasteiger partial charge is 0.399 e. The first-order valence-corrected chi connectivity index (χ1v) is 8.54. The van der Waals surface area contributed by atoms with Gasteiger partial charge in [0.2, 0.25) is 0 Å². The second-order valence-corrected chi connectivity index (χ2v) is 5.92. The predicted octanol–water partition coefficient (Wildman–Crippen LogP) is 3.98. The molecule has 0 heterocycles. The van der Waals surface area contributed by atoms with Crippen molar-refractivity contribution in [1.82, 2.24) is 0 Å². The number of alkyl halides is 3. The number of hydrogen-bond donors (Lipinski definition) is 1. The summed E-state index contributed by atoms with van der Waals surface area (Å²) in [5.74, 6) is 0.183. The molecule has 0 aliphatic carbocycles. The van der Waals surface area contributed by atoms with E-state index in [0.717, 1.165) is 12.1 Å². The zero-order chi connectivity index (χ0) is 21.4. The van der Waals surface area contributed by atoms with Crippen LogP contribution in [-0.4, -0.2) is 31.4 Å². The molecule has 0 bridgehead atoms. The Morgan fingerprint density at radius 3 is 2.45 bits per heavy atom. The molecule has 29 heavy (non-hydrogen) atoms. The molecule has 0 spiro atoms. The third-order valence-electron chi connectivity index (χ3n) is 3.97. The van der Waals surface area contributed by atoms with Crippen molar-refractivity contribution in [2.45, 2.75) is 19.7 Å².